The van der Waals surface area contributed by atoms with E-state index in [9.17, 15) is 4.79 Å². The van der Waals surface area contributed by atoms with E-state index in [2.05, 4.69) is 29.1 Å². The van der Waals surface area contributed by atoms with Crippen molar-refractivity contribution >= 4 is 11.6 Å². The first-order valence-electron chi connectivity index (χ1n) is 9.74. The molecule has 0 unspecified atom stereocenters. The number of carbonyl (C=O) groups excluding carboxylic acids is 1. The van der Waals surface area contributed by atoms with E-state index >= 15 is 0 Å². The van der Waals surface area contributed by atoms with Crippen molar-refractivity contribution in [2.45, 2.75) is 31.3 Å². The molecule has 2 aliphatic heterocycles. The van der Waals surface area contributed by atoms with Crippen molar-refractivity contribution in [1.82, 2.24) is 19.2 Å². The Labute approximate surface area is 159 Å². The lowest BCUT2D eigenvalue weighted by Gasteiger charge is -2.25. The second-order valence-electron chi connectivity index (χ2n) is 7.77. The van der Waals surface area contributed by atoms with Gasteiger partial charge in [0.15, 0.2) is 0 Å². The van der Waals surface area contributed by atoms with Crippen LogP contribution in [0, 0.1) is 0 Å². The lowest BCUT2D eigenvalue weighted by molar-refractivity contribution is 0.0739. The van der Waals surface area contributed by atoms with Crippen molar-refractivity contribution in [3.63, 3.8) is 0 Å². The lowest BCUT2D eigenvalue weighted by Crippen LogP contribution is -2.39. The van der Waals surface area contributed by atoms with Crippen LogP contribution in [0.1, 0.15) is 29.6 Å². The molecule has 0 N–H and O–H groups in total. The van der Waals surface area contributed by atoms with Gasteiger partial charge in [0.1, 0.15) is 5.65 Å². The number of likely N-dealkylation sites (N-methyl/N-ethyl adjacent to an activating group) is 1. The lowest BCUT2D eigenvalue weighted by atomic mass is 10.1. The summed E-state index contributed by atoms with van der Waals surface area (Å²) in [5, 5.41) is 0. The Morgan fingerprint density at radius 3 is 2.67 bits per heavy atom. The minimum absolute atomic E-state index is 0.132. The predicted molar refractivity (Wildman–Crippen MR) is 106 cm³/mol. The quantitative estimate of drug-likeness (QED) is 0.704. The maximum atomic E-state index is 13.1. The zero-order valence-corrected chi connectivity index (χ0v) is 15.6. The van der Waals surface area contributed by atoms with Gasteiger partial charge < -0.3 is 9.30 Å². The number of nitrogens with zero attached hydrogens (tertiary/aromatic N) is 4. The van der Waals surface area contributed by atoms with Crippen LogP contribution in [-0.4, -0.2) is 57.3 Å². The number of pyridine rings is 1. The van der Waals surface area contributed by atoms with Gasteiger partial charge in [0.25, 0.3) is 5.91 Å². The van der Waals surface area contributed by atoms with Gasteiger partial charge >= 0.3 is 0 Å². The summed E-state index contributed by atoms with van der Waals surface area (Å²) in [5.41, 5.74) is 3.61. The molecule has 4 heterocycles. The number of carbonyl (C=O) groups is 1. The fourth-order valence-corrected chi connectivity index (χ4v) is 4.54. The SMILES string of the molecule is CN1[C@H]2CC[C@@H]1CN(C(=O)c1ccc3nc(-c4ccccc4)cn3c1)CC2. The standard InChI is InChI=1S/C22H24N4O/c1-24-18-8-9-19(24)14-25(12-11-18)22(27)17-7-10-21-23-20(15-26(21)13-17)16-5-3-2-4-6-16/h2-7,10,13,15,18-19H,8-9,11-12,14H2,1H3/t18-,19+/m0/s1. The zero-order chi connectivity index (χ0) is 18.4. The molecule has 5 heteroatoms. The van der Waals surface area contributed by atoms with Crippen molar-refractivity contribution in [2.75, 3.05) is 20.1 Å². The second-order valence-corrected chi connectivity index (χ2v) is 7.77. The van der Waals surface area contributed by atoms with E-state index in [0.717, 1.165) is 42.0 Å². The summed E-state index contributed by atoms with van der Waals surface area (Å²) < 4.78 is 1.96. The number of aromatic nitrogens is 2. The number of hydrogen-bond donors (Lipinski definition) is 0. The third kappa shape index (κ3) is 2.92. The smallest absolute Gasteiger partial charge is 0.255 e. The molecule has 27 heavy (non-hydrogen) atoms. The molecule has 3 aromatic rings. The first-order chi connectivity index (χ1) is 13.2. The van der Waals surface area contributed by atoms with Gasteiger partial charge in [0, 0.05) is 43.1 Å². The Morgan fingerprint density at radius 2 is 1.81 bits per heavy atom. The summed E-state index contributed by atoms with van der Waals surface area (Å²) in [6.07, 6.45) is 7.46. The summed E-state index contributed by atoms with van der Waals surface area (Å²) in [6.45, 7) is 1.69. The van der Waals surface area contributed by atoms with Crippen LogP contribution >= 0.6 is 0 Å². The van der Waals surface area contributed by atoms with E-state index in [1.165, 1.54) is 12.8 Å². The van der Waals surface area contributed by atoms with Crippen LogP contribution in [0.5, 0.6) is 0 Å². The van der Waals surface area contributed by atoms with E-state index in [1.807, 2.05) is 52.0 Å². The first-order valence-corrected chi connectivity index (χ1v) is 9.74. The zero-order valence-electron chi connectivity index (χ0n) is 15.6. The van der Waals surface area contributed by atoms with Crippen LogP contribution in [0.4, 0.5) is 0 Å². The second kappa shape index (κ2) is 6.50. The molecule has 2 atom stereocenters. The number of hydrogen-bond acceptors (Lipinski definition) is 3. The maximum absolute atomic E-state index is 13.1. The number of amides is 1. The van der Waals surface area contributed by atoms with Crippen LogP contribution in [0.3, 0.4) is 0 Å². The molecule has 0 saturated carbocycles. The van der Waals surface area contributed by atoms with Gasteiger partial charge in [0.05, 0.1) is 11.3 Å². The number of likely N-dealkylation sites (tertiary alicyclic amines) is 1. The first kappa shape index (κ1) is 16.5. The van der Waals surface area contributed by atoms with Crippen LogP contribution in [0.2, 0.25) is 0 Å². The minimum Gasteiger partial charge on any atom is -0.337 e. The van der Waals surface area contributed by atoms with Crippen LogP contribution in [0.15, 0.2) is 54.9 Å². The predicted octanol–water partition coefficient (Wildman–Crippen LogP) is 3.31. The van der Waals surface area contributed by atoms with Crippen molar-refractivity contribution in [3.05, 3.63) is 60.4 Å². The van der Waals surface area contributed by atoms with Crippen molar-refractivity contribution in [1.29, 1.82) is 0 Å². The molecule has 0 spiro atoms. The molecule has 0 aliphatic carbocycles. The topological polar surface area (TPSA) is 40.8 Å². The van der Waals surface area contributed by atoms with Crippen LogP contribution in [0.25, 0.3) is 16.9 Å². The number of benzene rings is 1. The fourth-order valence-electron chi connectivity index (χ4n) is 4.54. The highest BCUT2D eigenvalue weighted by Crippen LogP contribution is 2.29. The van der Waals surface area contributed by atoms with Gasteiger partial charge in [-0.3, -0.25) is 9.69 Å². The monoisotopic (exact) mass is 360 g/mol. The summed E-state index contributed by atoms with van der Waals surface area (Å²) in [4.78, 5) is 22.3. The summed E-state index contributed by atoms with van der Waals surface area (Å²) in [7, 11) is 2.21. The summed E-state index contributed by atoms with van der Waals surface area (Å²) in [6, 6.07) is 15.1. The van der Waals surface area contributed by atoms with Gasteiger partial charge in [-0.2, -0.15) is 0 Å². The van der Waals surface area contributed by atoms with E-state index in [1.54, 1.807) is 0 Å². The van der Waals surface area contributed by atoms with E-state index < -0.39 is 0 Å². The third-order valence-corrected chi connectivity index (χ3v) is 6.20. The van der Waals surface area contributed by atoms with Gasteiger partial charge in [-0.05, 0) is 38.4 Å². The molecule has 2 fully saturated rings. The molecular weight excluding hydrogens is 336 g/mol. The number of imidazole rings is 1. The van der Waals surface area contributed by atoms with Crippen molar-refractivity contribution < 1.29 is 4.79 Å². The van der Waals surface area contributed by atoms with Crippen molar-refractivity contribution in [2.24, 2.45) is 0 Å². The van der Waals surface area contributed by atoms with Gasteiger partial charge in [-0.25, -0.2) is 4.98 Å². The van der Waals surface area contributed by atoms with Gasteiger partial charge in [-0.15, -0.1) is 0 Å². The molecule has 2 aliphatic rings. The highest BCUT2D eigenvalue weighted by molar-refractivity contribution is 5.94. The molecule has 138 valence electrons. The molecule has 2 bridgehead atoms. The highest BCUT2D eigenvalue weighted by Gasteiger charge is 2.36. The molecular formula is C22H24N4O. The highest BCUT2D eigenvalue weighted by atomic mass is 16.2. The molecule has 5 rings (SSSR count). The Hall–Kier alpha value is -2.66. The molecule has 1 aromatic carbocycles. The molecule has 0 radical (unpaired) electrons. The Bertz CT molecular complexity index is 980. The summed E-state index contributed by atoms with van der Waals surface area (Å²) >= 11 is 0. The van der Waals surface area contributed by atoms with E-state index in [4.69, 9.17) is 0 Å². The van der Waals surface area contributed by atoms with Gasteiger partial charge in [0.2, 0.25) is 0 Å². The van der Waals surface area contributed by atoms with E-state index in [-0.39, 0.29) is 5.91 Å². The Balaban J connectivity index is 1.42. The Kier molecular flexibility index (Phi) is 3.97. The normalized spacial score (nSPS) is 22.9. The Morgan fingerprint density at radius 1 is 1.00 bits per heavy atom. The fraction of sp³-hybridized carbons (Fsp3) is 0.364. The molecule has 2 saturated heterocycles. The van der Waals surface area contributed by atoms with Crippen LogP contribution < -0.4 is 0 Å². The third-order valence-electron chi connectivity index (χ3n) is 6.20. The number of rotatable bonds is 2. The molecule has 2 aromatic heterocycles. The average Bonchev–Trinajstić information content (AvgIpc) is 3.22. The van der Waals surface area contributed by atoms with Crippen LogP contribution in [-0.2, 0) is 0 Å². The minimum atomic E-state index is 0.132. The van der Waals surface area contributed by atoms with E-state index in [0.29, 0.717) is 12.1 Å². The maximum Gasteiger partial charge on any atom is 0.255 e. The van der Waals surface area contributed by atoms with Gasteiger partial charge in [-0.1, -0.05) is 30.3 Å². The average molecular weight is 360 g/mol. The molecule has 1 amide bonds. The molecule has 5 nitrogen and oxygen atoms in total. The summed E-state index contributed by atoms with van der Waals surface area (Å²) in [5.74, 6) is 0.132. The number of fused-ring (bicyclic) bond motifs is 3. The largest absolute Gasteiger partial charge is 0.337 e. The van der Waals surface area contributed by atoms with Crippen molar-refractivity contribution in [3.8, 4) is 11.3 Å².